The number of nitrogens with one attached hydrogen (secondary N) is 1. The highest BCUT2D eigenvalue weighted by Gasteiger charge is 2.30. The number of amides is 1. The van der Waals surface area contributed by atoms with E-state index < -0.39 is 5.97 Å². The van der Waals surface area contributed by atoms with Crippen molar-refractivity contribution in [3.63, 3.8) is 0 Å². The third-order valence-corrected chi connectivity index (χ3v) is 3.72. The van der Waals surface area contributed by atoms with Crippen LogP contribution in [-0.2, 0) is 14.3 Å². The van der Waals surface area contributed by atoms with Crippen molar-refractivity contribution in [3.8, 4) is 0 Å². The molecule has 2 fully saturated rings. The van der Waals surface area contributed by atoms with E-state index in [4.69, 9.17) is 9.84 Å². The Morgan fingerprint density at radius 1 is 1.06 bits per heavy atom. The van der Waals surface area contributed by atoms with E-state index in [-0.39, 0.29) is 23.8 Å². The first kappa shape index (κ1) is 12.4. The summed E-state index contributed by atoms with van der Waals surface area (Å²) in [5.74, 6) is -0.919. The van der Waals surface area contributed by atoms with Gasteiger partial charge in [-0.1, -0.05) is 0 Å². The van der Waals surface area contributed by atoms with E-state index in [0.29, 0.717) is 32.3 Å². The summed E-state index contributed by atoms with van der Waals surface area (Å²) in [6, 6.07) is 0.152. The average molecular weight is 241 g/mol. The van der Waals surface area contributed by atoms with Gasteiger partial charge >= 0.3 is 5.97 Å². The lowest BCUT2D eigenvalue weighted by molar-refractivity contribution is -0.144. The molecular formula is C12H19NO4. The van der Waals surface area contributed by atoms with Crippen LogP contribution in [0.1, 0.15) is 32.1 Å². The Kier molecular flexibility index (Phi) is 3.99. The molecule has 1 saturated carbocycles. The molecule has 5 nitrogen and oxygen atoms in total. The SMILES string of the molecule is O=C(O)C1CCC(C(=O)NC2CCOC2)CC1. The van der Waals surface area contributed by atoms with Gasteiger partial charge in [-0.3, -0.25) is 9.59 Å². The number of aliphatic carboxylic acids is 1. The molecule has 2 N–H and O–H groups in total. The molecule has 1 atom stereocenters. The molecule has 0 spiro atoms. The second-order valence-electron chi connectivity index (χ2n) is 4.96. The molecule has 0 aromatic rings. The zero-order valence-electron chi connectivity index (χ0n) is 9.85. The quantitative estimate of drug-likeness (QED) is 0.765. The molecule has 5 heteroatoms. The molecule has 1 amide bonds. The normalized spacial score (nSPS) is 33.3. The Bertz CT molecular complexity index is 291. The molecule has 2 aliphatic rings. The number of rotatable bonds is 3. The fourth-order valence-electron chi connectivity index (χ4n) is 2.57. The van der Waals surface area contributed by atoms with Crippen LogP contribution in [0.5, 0.6) is 0 Å². The lowest BCUT2D eigenvalue weighted by Gasteiger charge is -2.26. The number of carbonyl (C=O) groups excluding carboxylic acids is 1. The second kappa shape index (κ2) is 5.49. The molecule has 1 saturated heterocycles. The number of carboxylic acids is 1. The molecule has 2 rings (SSSR count). The first-order valence-corrected chi connectivity index (χ1v) is 6.27. The second-order valence-corrected chi connectivity index (χ2v) is 4.96. The van der Waals surface area contributed by atoms with Gasteiger partial charge in [0, 0.05) is 12.5 Å². The lowest BCUT2D eigenvalue weighted by atomic mass is 9.81. The largest absolute Gasteiger partial charge is 0.481 e. The molecule has 0 aromatic carbocycles. The summed E-state index contributed by atoms with van der Waals surface area (Å²) >= 11 is 0. The van der Waals surface area contributed by atoms with Crippen LogP contribution in [0.25, 0.3) is 0 Å². The van der Waals surface area contributed by atoms with Crippen LogP contribution in [0.3, 0.4) is 0 Å². The maximum Gasteiger partial charge on any atom is 0.306 e. The molecule has 1 aliphatic carbocycles. The van der Waals surface area contributed by atoms with Gasteiger partial charge in [0.15, 0.2) is 0 Å². The van der Waals surface area contributed by atoms with Crippen molar-refractivity contribution >= 4 is 11.9 Å². The van der Waals surface area contributed by atoms with Crippen LogP contribution in [0.2, 0.25) is 0 Å². The predicted octanol–water partition coefficient (Wildman–Crippen LogP) is 0.782. The van der Waals surface area contributed by atoms with Crippen molar-refractivity contribution in [2.45, 2.75) is 38.1 Å². The van der Waals surface area contributed by atoms with Gasteiger partial charge in [-0.15, -0.1) is 0 Å². The van der Waals surface area contributed by atoms with E-state index in [1.807, 2.05) is 0 Å². The number of carbonyl (C=O) groups is 2. The highest BCUT2D eigenvalue weighted by Crippen LogP contribution is 2.29. The minimum atomic E-state index is -0.729. The molecule has 0 aromatic heterocycles. The zero-order chi connectivity index (χ0) is 12.3. The third-order valence-electron chi connectivity index (χ3n) is 3.72. The standard InChI is InChI=1S/C12H19NO4/c14-11(13-10-5-6-17-7-10)8-1-3-9(4-2-8)12(15)16/h8-10H,1-7H2,(H,13,14)(H,15,16). The van der Waals surface area contributed by atoms with Gasteiger partial charge in [0.05, 0.1) is 18.6 Å². The monoisotopic (exact) mass is 241 g/mol. The third kappa shape index (κ3) is 3.19. The van der Waals surface area contributed by atoms with Crippen molar-refractivity contribution in [1.29, 1.82) is 0 Å². The number of ether oxygens (including phenoxy) is 1. The van der Waals surface area contributed by atoms with E-state index in [2.05, 4.69) is 5.32 Å². The van der Waals surface area contributed by atoms with Gasteiger partial charge in [0.2, 0.25) is 5.91 Å². The number of hydrogen-bond donors (Lipinski definition) is 2. The van der Waals surface area contributed by atoms with Gasteiger partial charge in [-0.05, 0) is 32.1 Å². The summed E-state index contributed by atoms with van der Waals surface area (Å²) in [5, 5.41) is 11.9. The van der Waals surface area contributed by atoms with Crippen LogP contribution in [0.4, 0.5) is 0 Å². The Hall–Kier alpha value is -1.10. The van der Waals surface area contributed by atoms with E-state index in [9.17, 15) is 9.59 Å². The van der Waals surface area contributed by atoms with Crippen molar-refractivity contribution in [1.82, 2.24) is 5.32 Å². The Morgan fingerprint density at radius 3 is 2.24 bits per heavy atom. The van der Waals surface area contributed by atoms with Crippen LogP contribution >= 0.6 is 0 Å². The lowest BCUT2D eigenvalue weighted by Crippen LogP contribution is -2.40. The highest BCUT2D eigenvalue weighted by molar-refractivity contribution is 5.79. The molecule has 96 valence electrons. The minimum Gasteiger partial charge on any atom is -0.481 e. The Balaban J connectivity index is 1.75. The summed E-state index contributed by atoms with van der Waals surface area (Å²) in [6.45, 7) is 1.33. The van der Waals surface area contributed by atoms with Crippen molar-refractivity contribution in [2.75, 3.05) is 13.2 Å². The summed E-state index contributed by atoms with van der Waals surface area (Å²) in [4.78, 5) is 22.7. The summed E-state index contributed by atoms with van der Waals surface area (Å²) in [5.41, 5.74) is 0. The first-order valence-electron chi connectivity index (χ1n) is 6.27. The van der Waals surface area contributed by atoms with Gasteiger partial charge in [-0.2, -0.15) is 0 Å². The van der Waals surface area contributed by atoms with E-state index in [1.54, 1.807) is 0 Å². The first-order chi connectivity index (χ1) is 8.16. The molecule has 1 aliphatic heterocycles. The Labute approximate surface area is 101 Å². The van der Waals surface area contributed by atoms with Crippen LogP contribution in [-0.4, -0.2) is 36.2 Å². The smallest absolute Gasteiger partial charge is 0.306 e. The van der Waals surface area contributed by atoms with Crippen LogP contribution in [0.15, 0.2) is 0 Å². The average Bonchev–Trinajstić information content (AvgIpc) is 2.82. The van der Waals surface area contributed by atoms with E-state index in [0.717, 1.165) is 13.0 Å². The predicted molar refractivity (Wildman–Crippen MR) is 60.5 cm³/mol. The van der Waals surface area contributed by atoms with Gasteiger partial charge < -0.3 is 15.2 Å². The molecule has 17 heavy (non-hydrogen) atoms. The number of hydrogen-bond acceptors (Lipinski definition) is 3. The van der Waals surface area contributed by atoms with Crippen molar-refractivity contribution < 1.29 is 19.4 Å². The van der Waals surface area contributed by atoms with Crippen molar-refractivity contribution in [2.24, 2.45) is 11.8 Å². The molecule has 0 radical (unpaired) electrons. The zero-order valence-corrected chi connectivity index (χ0v) is 9.85. The Morgan fingerprint density at radius 2 is 1.71 bits per heavy atom. The highest BCUT2D eigenvalue weighted by atomic mass is 16.5. The molecule has 1 heterocycles. The summed E-state index contributed by atoms with van der Waals surface area (Å²) in [6.07, 6.45) is 3.51. The summed E-state index contributed by atoms with van der Waals surface area (Å²) < 4.78 is 5.20. The topological polar surface area (TPSA) is 75.6 Å². The summed E-state index contributed by atoms with van der Waals surface area (Å²) in [7, 11) is 0. The van der Waals surface area contributed by atoms with E-state index in [1.165, 1.54) is 0 Å². The number of carboxylic acid groups (broad SMARTS) is 1. The molecule has 1 unspecified atom stereocenters. The van der Waals surface area contributed by atoms with Gasteiger partial charge in [0.25, 0.3) is 0 Å². The van der Waals surface area contributed by atoms with Crippen LogP contribution < -0.4 is 5.32 Å². The maximum absolute atomic E-state index is 11.9. The fraction of sp³-hybridized carbons (Fsp3) is 0.833. The minimum absolute atomic E-state index is 0.00815. The molecule has 0 bridgehead atoms. The van der Waals surface area contributed by atoms with Gasteiger partial charge in [0.1, 0.15) is 0 Å². The fourth-order valence-corrected chi connectivity index (χ4v) is 2.57. The van der Waals surface area contributed by atoms with Crippen molar-refractivity contribution in [3.05, 3.63) is 0 Å². The molecular weight excluding hydrogens is 222 g/mol. The maximum atomic E-state index is 11.9. The van der Waals surface area contributed by atoms with E-state index >= 15 is 0 Å². The van der Waals surface area contributed by atoms with Gasteiger partial charge in [-0.25, -0.2) is 0 Å². The van der Waals surface area contributed by atoms with Crippen LogP contribution in [0, 0.1) is 11.8 Å².